The number of hydrogen-bond acceptors (Lipinski definition) is 3. The highest BCUT2D eigenvalue weighted by Crippen LogP contribution is 2.32. The second-order valence-corrected chi connectivity index (χ2v) is 6.19. The number of pyridine rings is 2. The van der Waals surface area contributed by atoms with Gasteiger partial charge in [-0.15, -0.1) is 0 Å². The van der Waals surface area contributed by atoms with Crippen molar-refractivity contribution in [2.24, 2.45) is 0 Å². The van der Waals surface area contributed by atoms with Crippen molar-refractivity contribution in [1.82, 2.24) is 9.97 Å². The molecule has 4 rings (SSSR count). The SMILES string of the molecule is [CH2]C(c1cnc2ccccc2c1)C(C=O)c1cnc2ccccc2c1. The third-order valence-electron chi connectivity index (χ3n) is 4.62. The fourth-order valence-corrected chi connectivity index (χ4v) is 3.17. The second-order valence-electron chi connectivity index (χ2n) is 6.19. The Morgan fingerprint density at radius 1 is 0.800 bits per heavy atom. The third-order valence-corrected chi connectivity index (χ3v) is 4.62. The van der Waals surface area contributed by atoms with Crippen molar-refractivity contribution >= 4 is 28.1 Å². The van der Waals surface area contributed by atoms with Crippen LogP contribution in [0.4, 0.5) is 0 Å². The monoisotopic (exact) mass is 325 g/mol. The number of nitrogens with zero attached hydrogens (tertiary/aromatic N) is 2. The highest BCUT2D eigenvalue weighted by atomic mass is 16.1. The lowest BCUT2D eigenvalue weighted by Crippen LogP contribution is -2.11. The molecule has 2 heterocycles. The molecule has 0 aliphatic carbocycles. The highest BCUT2D eigenvalue weighted by Gasteiger charge is 2.22. The van der Waals surface area contributed by atoms with E-state index in [1.165, 1.54) is 0 Å². The number of carbonyl (C=O) groups excluding carboxylic acids is 1. The third kappa shape index (κ3) is 2.89. The summed E-state index contributed by atoms with van der Waals surface area (Å²) in [5, 5.41) is 2.07. The number of fused-ring (bicyclic) bond motifs is 2. The summed E-state index contributed by atoms with van der Waals surface area (Å²) in [7, 11) is 0. The average Bonchev–Trinajstić information content (AvgIpc) is 2.68. The molecule has 0 aliphatic heterocycles. The molecule has 3 heteroatoms. The van der Waals surface area contributed by atoms with Gasteiger partial charge in [0.25, 0.3) is 0 Å². The van der Waals surface area contributed by atoms with Crippen molar-refractivity contribution in [2.75, 3.05) is 0 Å². The van der Waals surface area contributed by atoms with Crippen molar-refractivity contribution in [1.29, 1.82) is 0 Å². The van der Waals surface area contributed by atoms with Gasteiger partial charge in [0.1, 0.15) is 6.29 Å². The Bertz CT molecular complexity index is 1060. The van der Waals surface area contributed by atoms with Crippen molar-refractivity contribution in [2.45, 2.75) is 11.8 Å². The molecule has 0 saturated carbocycles. The fourth-order valence-electron chi connectivity index (χ4n) is 3.17. The van der Waals surface area contributed by atoms with Gasteiger partial charge in [-0.05, 0) is 48.2 Å². The molecule has 3 nitrogen and oxygen atoms in total. The number of aldehydes is 1. The first kappa shape index (κ1) is 15.5. The van der Waals surface area contributed by atoms with Gasteiger partial charge < -0.3 is 4.79 Å². The number of aromatic nitrogens is 2. The molecule has 0 amide bonds. The molecule has 2 aromatic carbocycles. The standard InChI is InChI=1S/C22H17N2O/c1-15(18-10-16-6-2-4-8-21(16)23-12-18)20(14-25)19-11-17-7-3-5-9-22(17)24-13-19/h2-15,20H,1H2. The summed E-state index contributed by atoms with van der Waals surface area (Å²) in [4.78, 5) is 20.8. The van der Waals surface area contributed by atoms with E-state index in [2.05, 4.69) is 23.0 Å². The number of benzene rings is 2. The van der Waals surface area contributed by atoms with Crippen LogP contribution in [0.25, 0.3) is 21.8 Å². The zero-order valence-corrected chi connectivity index (χ0v) is 13.7. The van der Waals surface area contributed by atoms with Gasteiger partial charge in [-0.1, -0.05) is 36.4 Å². The smallest absolute Gasteiger partial charge is 0.128 e. The summed E-state index contributed by atoms with van der Waals surface area (Å²) in [5.74, 6) is -0.586. The van der Waals surface area contributed by atoms with Crippen LogP contribution in [-0.2, 0) is 4.79 Å². The Balaban J connectivity index is 1.73. The van der Waals surface area contributed by atoms with Crippen LogP contribution < -0.4 is 0 Å². The Morgan fingerprint density at radius 3 is 1.92 bits per heavy atom. The molecular formula is C22H17N2O. The molecule has 25 heavy (non-hydrogen) atoms. The molecule has 0 bridgehead atoms. The number of carbonyl (C=O) groups is 1. The maximum Gasteiger partial charge on any atom is 0.128 e. The van der Waals surface area contributed by atoms with E-state index >= 15 is 0 Å². The van der Waals surface area contributed by atoms with Crippen LogP contribution in [0.3, 0.4) is 0 Å². The van der Waals surface area contributed by atoms with E-state index in [1.54, 1.807) is 6.20 Å². The molecule has 1 radical (unpaired) electrons. The fraction of sp³-hybridized carbons (Fsp3) is 0.0909. The molecular weight excluding hydrogens is 308 g/mol. The molecule has 121 valence electrons. The first-order chi connectivity index (χ1) is 12.3. The van der Waals surface area contributed by atoms with Gasteiger partial charge in [0.15, 0.2) is 0 Å². The zero-order chi connectivity index (χ0) is 17.2. The summed E-state index contributed by atoms with van der Waals surface area (Å²) < 4.78 is 0. The Labute approximate surface area is 146 Å². The van der Waals surface area contributed by atoms with Crippen molar-refractivity contribution < 1.29 is 4.79 Å². The minimum Gasteiger partial charge on any atom is -0.303 e. The van der Waals surface area contributed by atoms with Crippen LogP contribution in [0, 0.1) is 6.92 Å². The lowest BCUT2D eigenvalue weighted by atomic mass is 9.84. The Hall–Kier alpha value is -3.07. The van der Waals surface area contributed by atoms with Crippen LogP contribution in [-0.4, -0.2) is 16.3 Å². The maximum absolute atomic E-state index is 11.8. The summed E-state index contributed by atoms with van der Waals surface area (Å²) in [6.07, 6.45) is 4.54. The minimum atomic E-state index is -0.361. The summed E-state index contributed by atoms with van der Waals surface area (Å²) >= 11 is 0. The second kappa shape index (κ2) is 6.44. The normalized spacial score (nSPS) is 13.6. The van der Waals surface area contributed by atoms with Crippen LogP contribution >= 0.6 is 0 Å². The predicted octanol–water partition coefficient (Wildman–Crippen LogP) is 4.68. The topological polar surface area (TPSA) is 42.9 Å². The van der Waals surface area contributed by atoms with Crippen LogP contribution in [0.2, 0.25) is 0 Å². The Morgan fingerprint density at radius 2 is 1.32 bits per heavy atom. The average molecular weight is 325 g/mol. The van der Waals surface area contributed by atoms with Crippen LogP contribution in [0.5, 0.6) is 0 Å². The summed E-state index contributed by atoms with van der Waals surface area (Å²) in [5.41, 5.74) is 3.68. The van der Waals surface area contributed by atoms with E-state index in [9.17, 15) is 4.79 Å². The maximum atomic E-state index is 11.8. The largest absolute Gasteiger partial charge is 0.303 e. The van der Waals surface area contributed by atoms with E-state index in [-0.39, 0.29) is 11.8 Å². The molecule has 0 N–H and O–H groups in total. The molecule has 0 spiro atoms. The van der Waals surface area contributed by atoms with E-state index in [0.717, 1.165) is 39.2 Å². The van der Waals surface area contributed by atoms with Crippen molar-refractivity contribution in [3.8, 4) is 0 Å². The molecule has 0 aliphatic rings. The van der Waals surface area contributed by atoms with Gasteiger partial charge in [0.2, 0.25) is 0 Å². The van der Waals surface area contributed by atoms with Crippen molar-refractivity contribution in [3.05, 3.63) is 91.1 Å². The van der Waals surface area contributed by atoms with Gasteiger partial charge >= 0.3 is 0 Å². The van der Waals surface area contributed by atoms with E-state index in [4.69, 9.17) is 0 Å². The molecule has 0 saturated heterocycles. The quantitative estimate of drug-likeness (QED) is 0.512. The van der Waals surface area contributed by atoms with Crippen LogP contribution in [0.15, 0.2) is 73.1 Å². The first-order valence-corrected chi connectivity index (χ1v) is 8.24. The van der Waals surface area contributed by atoms with E-state index in [0.29, 0.717) is 0 Å². The highest BCUT2D eigenvalue weighted by molar-refractivity contribution is 5.81. The van der Waals surface area contributed by atoms with Gasteiger partial charge in [0.05, 0.1) is 11.0 Å². The van der Waals surface area contributed by atoms with Crippen molar-refractivity contribution in [3.63, 3.8) is 0 Å². The van der Waals surface area contributed by atoms with E-state index in [1.807, 2.05) is 60.8 Å². The number of rotatable bonds is 4. The minimum absolute atomic E-state index is 0.224. The van der Waals surface area contributed by atoms with Gasteiger partial charge in [0, 0.05) is 29.1 Å². The zero-order valence-electron chi connectivity index (χ0n) is 13.7. The molecule has 2 aromatic heterocycles. The van der Waals surface area contributed by atoms with Gasteiger partial charge in [-0.3, -0.25) is 9.97 Å². The lowest BCUT2D eigenvalue weighted by molar-refractivity contribution is -0.109. The summed E-state index contributed by atoms with van der Waals surface area (Å²) in [6.45, 7) is 4.24. The molecule has 0 fully saturated rings. The van der Waals surface area contributed by atoms with E-state index < -0.39 is 0 Å². The molecule has 2 atom stereocenters. The summed E-state index contributed by atoms with van der Waals surface area (Å²) in [6, 6.07) is 19.9. The number of para-hydroxylation sites is 2. The predicted molar refractivity (Wildman–Crippen MR) is 100 cm³/mol. The number of hydrogen-bond donors (Lipinski definition) is 0. The van der Waals surface area contributed by atoms with Gasteiger partial charge in [-0.2, -0.15) is 0 Å². The van der Waals surface area contributed by atoms with Crippen LogP contribution in [0.1, 0.15) is 23.0 Å². The molecule has 4 aromatic rings. The van der Waals surface area contributed by atoms with Gasteiger partial charge in [-0.25, -0.2) is 0 Å². The molecule has 2 unspecified atom stereocenters. The first-order valence-electron chi connectivity index (χ1n) is 8.24. The Kier molecular flexibility index (Phi) is 3.98. The lowest BCUT2D eigenvalue weighted by Gasteiger charge is -2.19.